The normalized spacial score (nSPS) is 10.6. The number of halogens is 1. The molecular formula is C10H10ClN3O2. The van der Waals surface area contributed by atoms with Crippen LogP contribution >= 0.6 is 11.6 Å². The van der Waals surface area contributed by atoms with Gasteiger partial charge in [-0.25, -0.2) is 4.98 Å². The summed E-state index contributed by atoms with van der Waals surface area (Å²) in [5.41, 5.74) is 1.55. The summed E-state index contributed by atoms with van der Waals surface area (Å²) in [6.45, 7) is 0.110. The third kappa shape index (κ3) is 1.86. The third-order valence-electron chi connectivity index (χ3n) is 2.26. The Morgan fingerprint density at radius 1 is 1.62 bits per heavy atom. The summed E-state index contributed by atoms with van der Waals surface area (Å²) in [6.07, 6.45) is 3.29. The lowest BCUT2D eigenvalue weighted by atomic mass is 10.4. The van der Waals surface area contributed by atoms with Crippen LogP contribution in [-0.2, 0) is 22.0 Å². The van der Waals surface area contributed by atoms with Gasteiger partial charge in [0.15, 0.2) is 0 Å². The van der Waals surface area contributed by atoms with Crippen LogP contribution in [0.25, 0.3) is 11.0 Å². The second-order valence-corrected chi connectivity index (χ2v) is 3.46. The van der Waals surface area contributed by atoms with Gasteiger partial charge in [-0.1, -0.05) is 0 Å². The highest BCUT2D eigenvalue weighted by atomic mass is 35.5. The average molecular weight is 240 g/mol. The Hall–Kier alpha value is -1.62. The monoisotopic (exact) mass is 239 g/mol. The Labute approximate surface area is 97.0 Å². The number of esters is 1. The quantitative estimate of drug-likeness (QED) is 0.599. The lowest BCUT2D eigenvalue weighted by Gasteiger charge is -2.05. The van der Waals surface area contributed by atoms with Crippen LogP contribution in [0.1, 0.15) is 5.82 Å². The Kier molecular flexibility index (Phi) is 3.05. The van der Waals surface area contributed by atoms with Crippen molar-refractivity contribution in [3.63, 3.8) is 0 Å². The van der Waals surface area contributed by atoms with E-state index in [9.17, 15) is 4.79 Å². The number of rotatable bonds is 3. The first kappa shape index (κ1) is 10.9. The summed E-state index contributed by atoms with van der Waals surface area (Å²) in [5.74, 6) is 0.545. The fraction of sp³-hybridized carbons (Fsp3) is 0.300. The summed E-state index contributed by atoms with van der Waals surface area (Å²) >= 11 is 5.77. The molecule has 2 heterocycles. The van der Waals surface area contributed by atoms with Crippen molar-refractivity contribution in [3.05, 3.63) is 24.3 Å². The molecule has 0 aromatic carbocycles. The summed E-state index contributed by atoms with van der Waals surface area (Å²) in [6, 6.07) is 1.79. The third-order valence-corrected chi connectivity index (χ3v) is 2.50. The Bertz CT molecular complexity index is 524. The minimum Gasteiger partial charge on any atom is -0.468 e. The minimum absolute atomic E-state index is 0.110. The number of hydrogen-bond acceptors (Lipinski definition) is 4. The zero-order valence-electron chi connectivity index (χ0n) is 8.68. The second kappa shape index (κ2) is 4.49. The lowest BCUT2D eigenvalue weighted by Crippen LogP contribution is -2.13. The molecule has 0 saturated heterocycles. The molecule has 0 aliphatic carbocycles. The van der Waals surface area contributed by atoms with Gasteiger partial charge < -0.3 is 9.30 Å². The van der Waals surface area contributed by atoms with Crippen LogP contribution in [0.5, 0.6) is 0 Å². The number of pyridine rings is 1. The first-order valence-electron chi connectivity index (χ1n) is 4.68. The predicted molar refractivity (Wildman–Crippen MR) is 59.1 cm³/mol. The average Bonchev–Trinajstić information content (AvgIpc) is 2.67. The van der Waals surface area contributed by atoms with Gasteiger partial charge in [0.1, 0.15) is 17.9 Å². The van der Waals surface area contributed by atoms with Crippen LogP contribution in [0.2, 0.25) is 0 Å². The second-order valence-electron chi connectivity index (χ2n) is 3.19. The highest BCUT2D eigenvalue weighted by Crippen LogP contribution is 2.16. The molecule has 6 heteroatoms. The number of ether oxygens (including phenoxy) is 1. The van der Waals surface area contributed by atoms with E-state index >= 15 is 0 Å². The van der Waals surface area contributed by atoms with Crippen molar-refractivity contribution in [1.82, 2.24) is 14.5 Å². The molecule has 0 saturated carbocycles. The number of alkyl halides is 1. The molecule has 2 aromatic rings. The van der Waals surface area contributed by atoms with E-state index in [1.165, 1.54) is 7.11 Å². The first-order valence-corrected chi connectivity index (χ1v) is 5.21. The standard InChI is InChI=1S/C10H10ClN3O2/c1-16-10(15)6-14-8-2-3-12-5-7(8)13-9(14)4-11/h2-3,5H,4,6H2,1H3. The number of carbonyl (C=O) groups excluding carboxylic acids is 1. The number of aromatic nitrogens is 3. The minimum atomic E-state index is -0.331. The molecule has 2 aromatic heterocycles. The predicted octanol–water partition coefficient (Wildman–Crippen LogP) is 1.34. The van der Waals surface area contributed by atoms with Gasteiger partial charge in [0.25, 0.3) is 0 Å². The molecular weight excluding hydrogens is 230 g/mol. The highest BCUT2D eigenvalue weighted by molar-refractivity contribution is 6.16. The van der Waals surface area contributed by atoms with Crippen molar-refractivity contribution in [1.29, 1.82) is 0 Å². The number of carbonyl (C=O) groups is 1. The van der Waals surface area contributed by atoms with Crippen molar-refractivity contribution >= 4 is 28.6 Å². The van der Waals surface area contributed by atoms with E-state index in [-0.39, 0.29) is 18.4 Å². The van der Waals surface area contributed by atoms with Gasteiger partial charge >= 0.3 is 5.97 Å². The highest BCUT2D eigenvalue weighted by Gasteiger charge is 2.12. The molecule has 0 spiro atoms. The molecule has 5 nitrogen and oxygen atoms in total. The van der Waals surface area contributed by atoms with E-state index in [4.69, 9.17) is 11.6 Å². The summed E-state index contributed by atoms with van der Waals surface area (Å²) < 4.78 is 6.36. The maximum absolute atomic E-state index is 11.3. The van der Waals surface area contributed by atoms with Crippen molar-refractivity contribution < 1.29 is 9.53 Å². The van der Waals surface area contributed by atoms with Gasteiger partial charge in [0, 0.05) is 6.20 Å². The molecule has 0 aliphatic rings. The largest absolute Gasteiger partial charge is 0.468 e. The molecule has 84 valence electrons. The Morgan fingerprint density at radius 3 is 3.12 bits per heavy atom. The van der Waals surface area contributed by atoms with Gasteiger partial charge in [-0.3, -0.25) is 9.78 Å². The van der Waals surface area contributed by atoms with E-state index < -0.39 is 0 Å². The lowest BCUT2D eigenvalue weighted by molar-refractivity contribution is -0.141. The summed E-state index contributed by atoms with van der Waals surface area (Å²) in [4.78, 5) is 19.5. The van der Waals surface area contributed by atoms with Gasteiger partial charge in [-0.05, 0) is 6.07 Å². The van der Waals surface area contributed by atoms with Gasteiger partial charge in [0.05, 0.1) is 24.7 Å². The molecule has 0 radical (unpaired) electrons. The SMILES string of the molecule is COC(=O)Cn1c(CCl)nc2cnccc21. The van der Waals surface area contributed by atoms with Crippen LogP contribution in [0.15, 0.2) is 18.5 Å². The number of nitrogens with zero attached hydrogens (tertiary/aromatic N) is 3. The van der Waals surface area contributed by atoms with Crippen LogP contribution < -0.4 is 0 Å². The number of hydrogen-bond donors (Lipinski definition) is 0. The van der Waals surface area contributed by atoms with Gasteiger partial charge in [-0.15, -0.1) is 11.6 Å². The molecule has 0 atom stereocenters. The summed E-state index contributed by atoms with van der Waals surface area (Å²) in [5, 5.41) is 0. The number of fused-ring (bicyclic) bond motifs is 1. The molecule has 2 rings (SSSR count). The van der Waals surface area contributed by atoms with E-state index in [0.717, 1.165) is 11.0 Å². The Morgan fingerprint density at radius 2 is 2.44 bits per heavy atom. The van der Waals surface area contributed by atoms with Crippen LogP contribution in [-0.4, -0.2) is 27.6 Å². The fourth-order valence-corrected chi connectivity index (χ4v) is 1.71. The van der Waals surface area contributed by atoms with Crippen molar-refractivity contribution in [2.24, 2.45) is 0 Å². The van der Waals surface area contributed by atoms with E-state index in [2.05, 4.69) is 14.7 Å². The fourth-order valence-electron chi connectivity index (χ4n) is 1.50. The number of methoxy groups -OCH3 is 1. The topological polar surface area (TPSA) is 57.0 Å². The van der Waals surface area contributed by atoms with Crippen molar-refractivity contribution in [3.8, 4) is 0 Å². The van der Waals surface area contributed by atoms with Crippen molar-refractivity contribution in [2.75, 3.05) is 7.11 Å². The maximum atomic E-state index is 11.3. The van der Waals surface area contributed by atoms with E-state index in [0.29, 0.717) is 5.82 Å². The number of imidazole rings is 1. The van der Waals surface area contributed by atoms with E-state index in [1.807, 2.05) is 0 Å². The van der Waals surface area contributed by atoms with Gasteiger partial charge in [-0.2, -0.15) is 0 Å². The smallest absolute Gasteiger partial charge is 0.325 e. The first-order chi connectivity index (χ1) is 7.76. The molecule has 0 unspecified atom stereocenters. The molecule has 0 fully saturated rings. The summed E-state index contributed by atoms with van der Waals surface area (Å²) in [7, 11) is 1.35. The Balaban J connectivity index is 2.51. The molecule has 0 aliphatic heterocycles. The molecule has 0 amide bonds. The van der Waals surface area contributed by atoms with Crippen LogP contribution in [0.3, 0.4) is 0 Å². The molecule has 0 N–H and O–H groups in total. The van der Waals surface area contributed by atoms with Crippen LogP contribution in [0.4, 0.5) is 0 Å². The van der Waals surface area contributed by atoms with E-state index in [1.54, 1.807) is 23.0 Å². The molecule has 0 bridgehead atoms. The zero-order valence-corrected chi connectivity index (χ0v) is 9.44. The zero-order chi connectivity index (χ0) is 11.5. The molecule has 16 heavy (non-hydrogen) atoms. The van der Waals surface area contributed by atoms with Crippen LogP contribution in [0, 0.1) is 0 Å². The maximum Gasteiger partial charge on any atom is 0.325 e. The van der Waals surface area contributed by atoms with Gasteiger partial charge in [0.2, 0.25) is 0 Å². The van der Waals surface area contributed by atoms with Crippen molar-refractivity contribution in [2.45, 2.75) is 12.4 Å².